The van der Waals surface area contributed by atoms with Gasteiger partial charge < -0.3 is 10.6 Å². The Labute approximate surface area is 132 Å². The zero-order valence-electron chi connectivity index (χ0n) is 11.5. The van der Waals surface area contributed by atoms with E-state index in [1.807, 2.05) is 0 Å². The third-order valence-electron chi connectivity index (χ3n) is 3.02. The van der Waals surface area contributed by atoms with Crippen molar-refractivity contribution in [3.63, 3.8) is 0 Å². The van der Waals surface area contributed by atoms with Crippen LogP contribution in [0.4, 0.5) is 0 Å². The van der Waals surface area contributed by atoms with Gasteiger partial charge in [0.05, 0.1) is 6.54 Å². The molecule has 1 saturated heterocycles. The molecule has 1 aromatic rings. The van der Waals surface area contributed by atoms with E-state index in [0.717, 1.165) is 5.75 Å². The minimum Gasteiger partial charge on any atom is -0.320 e. The summed E-state index contributed by atoms with van der Waals surface area (Å²) in [5.74, 6) is 6.48. The lowest BCUT2D eigenvalue weighted by Gasteiger charge is -2.33. The van der Waals surface area contributed by atoms with E-state index in [2.05, 4.69) is 11.8 Å². The average molecular weight is 344 g/mol. The molecule has 1 aromatic heterocycles. The Bertz CT molecular complexity index is 685. The molecule has 1 atom stereocenters. The van der Waals surface area contributed by atoms with Crippen molar-refractivity contribution in [3.05, 3.63) is 21.9 Å². The van der Waals surface area contributed by atoms with Gasteiger partial charge in [-0.05, 0) is 11.4 Å². The van der Waals surface area contributed by atoms with E-state index in [4.69, 9.17) is 5.73 Å². The quantitative estimate of drug-likeness (QED) is 0.796. The molecular weight excluding hydrogens is 328 g/mol. The Hall–Kier alpha value is -1.01. The normalized spacial score (nSPS) is 19.0. The summed E-state index contributed by atoms with van der Waals surface area (Å²) < 4.78 is 23.8. The first-order chi connectivity index (χ1) is 9.95. The van der Waals surface area contributed by atoms with Crippen molar-refractivity contribution >= 4 is 38.8 Å². The van der Waals surface area contributed by atoms with Crippen molar-refractivity contribution in [2.45, 2.75) is 5.37 Å². The van der Waals surface area contributed by atoms with Gasteiger partial charge in [0.1, 0.15) is 10.3 Å². The number of hydrogen-bond donors (Lipinski definition) is 1. The minimum absolute atomic E-state index is 0.218. The van der Waals surface area contributed by atoms with Gasteiger partial charge in [-0.15, -0.1) is 11.3 Å². The van der Waals surface area contributed by atoms with Gasteiger partial charge in [-0.2, -0.15) is 11.8 Å². The van der Waals surface area contributed by atoms with E-state index in [1.165, 1.54) is 22.5 Å². The van der Waals surface area contributed by atoms with E-state index >= 15 is 0 Å². The molecule has 0 saturated carbocycles. The molecule has 0 aromatic carbocycles. The van der Waals surface area contributed by atoms with Crippen LogP contribution in [0.1, 0.15) is 15.2 Å². The number of amides is 1. The molecule has 1 amide bonds. The molecule has 1 aliphatic heterocycles. The third-order valence-corrected chi connectivity index (χ3v) is 6.57. The minimum atomic E-state index is -3.31. The van der Waals surface area contributed by atoms with Gasteiger partial charge in [0.25, 0.3) is 5.91 Å². The SMILES string of the molecule is CS(=O)(=O)C1CSCCN1C(=O)c1sccc1C#CCN. The molecule has 2 heterocycles. The second kappa shape index (κ2) is 6.83. The Morgan fingerprint density at radius 1 is 1.57 bits per heavy atom. The molecule has 2 rings (SSSR count). The molecule has 2 N–H and O–H groups in total. The lowest BCUT2D eigenvalue weighted by Crippen LogP contribution is -2.49. The Kier molecular flexibility index (Phi) is 5.32. The van der Waals surface area contributed by atoms with E-state index in [0.29, 0.717) is 22.7 Å². The van der Waals surface area contributed by atoms with Crippen molar-refractivity contribution in [2.24, 2.45) is 5.73 Å². The number of nitrogens with zero attached hydrogens (tertiary/aromatic N) is 1. The lowest BCUT2D eigenvalue weighted by molar-refractivity contribution is 0.0754. The zero-order valence-corrected chi connectivity index (χ0v) is 14.0. The summed E-state index contributed by atoms with van der Waals surface area (Å²) in [5, 5.41) is 1.02. The standard InChI is InChI=1S/C13H16N2O3S3/c1-21(17,18)11-9-19-8-6-15(11)13(16)12-10(3-2-5-14)4-7-20-12/h4,7,11H,5-6,8-9,14H2,1H3. The molecule has 1 unspecified atom stereocenters. The maximum Gasteiger partial charge on any atom is 0.266 e. The maximum atomic E-state index is 12.7. The van der Waals surface area contributed by atoms with Crippen LogP contribution in [-0.2, 0) is 9.84 Å². The number of rotatable bonds is 2. The van der Waals surface area contributed by atoms with E-state index in [9.17, 15) is 13.2 Å². The van der Waals surface area contributed by atoms with Crippen LogP contribution in [0.5, 0.6) is 0 Å². The number of carbonyl (C=O) groups is 1. The fourth-order valence-electron chi connectivity index (χ4n) is 2.02. The van der Waals surface area contributed by atoms with E-state index in [-0.39, 0.29) is 12.5 Å². The van der Waals surface area contributed by atoms with Crippen molar-refractivity contribution in [3.8, 4) is 11.8 Å². The van der Waals surface area contributed by atoms with Gasteiger partial charge in [-0.1, -0.05) is 11.8 Å². The largest absolute Gasteiger partial charge is 0.320 e. The summed E-state index contributed by atoms with van der Waals surface area (Å²) in [6.45, 7) is 0.651. The molecule has 0 aliphatic carbocycles. The Morgan fingerprint density at radius 3 is 3.00 bits per heavy atom. The summed E-state index contributed by atoms with van der Waals surface area (Å²) in [6, 6.07) is 1.76. The molecule has 0 bridgehead atoms. The second-order valence-corrected chi connectivity index (χ2v) is 8.80. The number of hydrogen-bond acceptors (Lipinski definition) is 6. The molecule has 5 nitrogen and oxygen atoms in total. The highest BCUT2D eigenvalue weighted by atomic mass is 32.2. The highest BCUT2D eigenvalue weighted by Gasteiger charge is 2.35. The monoisotopic (exact) mass is 344 g/mol. The van der Waals surface area contributed by atoms with Crippen molar-refractivity contribution in [1.29, 1.82) is 0 Å². The average Bonchev–Trinajstić information content (AvgIpc) is 2.91. The summed E-state index contributed by atoms with van der Waals surface area (Å²) in [4.78, 5) is 14.6. The first-order valence-corrected chi connectivity index (χ1v) is 10.3. The van der Waals surface area contributed by atoms with Gasteiger partial charge in [0.15, 0.2) is 9.84 Å². The number of nitrogens with two attached hydrogens (primary N) is 1. The van der Waals surface area contributed by atoms with Gasteiger partial charge in [-0.25, -0.2) is 8.42 Å². The molecule has 1 aliphatic rings. The predicted octanol–water partition coefficient (Wildman–Crippen LogP) is 0.618. The summed E-state index contributed by atoms with van der Waals surface area (Å²) in [6.07, 6.45) is 1.17. The van der Waals surface area contributed by atoms with E-state index < -0.39 is 15.2 Å². The van der Waals surface area contributed by atoms with Crippen LogP contribution >= 0.6 is 23.1 Å². The summed E-state index contributed by atoms with van der Waals surface area (Å²) >= 11 is 2.83. The smallest absolute Gasteiger partial charge is 0.266 e. The summed E-state index contributed by atoms with van der Waals surface area (Å²) in [7, 11) is -3.31. The van der Waals surface area contributed by atoms with Gasteiger partial charge in [0, 0.05) is 29.9 Å². The van der Waals surface area contributed by atoms with Crippen LogP contribution in [0.3, 0.4) is 0 Å². The van der Waals surface area contributed by atoms with Gasteiger partial charge in [0.2, 0.25) is 0 Å². The van der Waals surface area contributed by atoms with Crippen molar-refractivity contribution in [1.82, 2.24) is 4.90 Å². The number of carbonyl (C=O) groups excluding carboxylic acids is 1. The molecule has 114 valence electrons. The Morgan fingerprint density at radius 2 is 2.33 bits per heavy atom. The van der Waals surface area contributed by atoms with Crippen LogP contribution in [-0.4, -0.2) is 55.4 Å². The molecular formula is C13H16N2O3S3. The predicted molar refractivity (Wildman–Crippen MR) is 87.2 cm³/mol. The highest BCUT2D eigenvalue weighted by Crippen LogP contribution is 2.25. The van der Waals surface area contributed by atoms with Crippen LogP contribution < -0.4 is 5.73 Å². The molecule has 21 heavy (non-hydrogen) atoms. The third kappa shape index (κ3) is 3.80. The first kappa shape index (κ1) is 16.4. The fraction of sp³-hybridized carbons (Fsp3) is 0.462. The lowest BCUT2D eigenvalue weighted by atomic mass is 10.2. The van der Waals surface area contributed by atoms with Crippen LogP contribution in [0.2, 0.25) is 0 Å². The van der Waals surface area contributed by atoms with Crippen LogP contribution in [0.15, 0.2) is 11.4 Å². The fourth-order valence-corrected chi connectivity index (χ4v) is 5.64. The number of sulfone groups is 1. The van der Waals surface area contributed by atoms with Crippen molar-refractivity contribution < 1.29 is 13.2 Å². The molecule has 1 fully saturated rings. The topological polar surface area (TPSA) is 80.5 Å². The van der Waals surface area contributed by atoms with Gasteiger partial charge >= 0.3 is 0 Å². The van der Waals surface area contributed by atoms with Crippen molar-refractivity contribution in [2.75, 3.05) is 30.9 Å². The second-order valence-electron chi connectivity index (χ2n) is 4.53. The maximum absolute atomic E-state index is 12.7. The van der Waals surface area contributed by atoms with E-state index in [1.54, 1.807) is 23.2 Å². The highest BCUT2D eigenvalue weighted by molar-refractivity contribution is 8.00. The van der Waals surface area contributed by atoms with Gasteiger partial charge in [-0.3, -0.25) is 4.79 Å². The zero-order chi connectivity index (χ0) is 15.5. The molecule has 8 heteroatoms. The first-order valence-electron chi connectivity index (χ1n) is 6.29. The summed E-state index contributed by atoms with van der Waals surface area (Å²) in [5.41, 5.74) is 5.96. The molecule has 0 spiro atoms. The Balaban J connectivity index is 2.32. The van der Waals surface area contributed by atoms with Crippen LogP contribution in [0.25, 0.3) is 0 Å². The molecule has 0 radical (unpaired) electrons. The number of thiophene rings is 1. The number of thioether (sulfide) groups is 1. The van der Waals surface area contributed by atoms with Crippen LogP contribution in [0, 0.1) is 11.8 Å².